The van der Waals surface area contributed by atoms with Gasteiger partial charge in [0.2, 0.25) is 0 Å². The van der Waals surface area contributed by atoms with Gasteiger partial charge in [0.05, 0.1) is 5.60 Å². The van der Waals surface area contributed by atoms with Gasteiger partial charge in [-0.2, -0.15) is 0 Å². The van der Waals surface area contributed by atoms with Crippen molar-refractivity contribution >= 4 is 5.97 Å². The minimum Gasteiger partial charge on any atom is -0.479 e. The number of carboxylic acid groups (broad SMARTS) is 1. The molecule has 0 radical (unpaired) electrons. The summed E-state index contributed by atoms with van der Waals surface area (Å²) in [5.74, 6) is -1.22. The molecule has 132 valence electrons. The Kier molecular flexibility index (Phi) is 5.48. The molecule has 0 aromatic rings. The van der Waals surface area contributed by atoms with E-state index in [9.17, 15) is 20.1 Å². The average Bonchev–Trinajstić information content (AvgIpc) is 2.48. The fourth-order valence-corrected chi connectivity index (χ4v) is 3.14. The molecule has 2 rings (SSSR count). The van der Waals surface area contributed by atoms with Gasteiger partial charge in [0.15, 0.2) is 12.4 Å². The van der Waals surface area contributed by atoms with Crippen LogP contribution in [0.15, 0.2) is 11.6 Å². The van der Waals surface area contributed by atoms with Gasteiger partial charge in [0, 0.05) is 0 Å². The number of aliphatic hydroxyl groups is 3. The molecule has 0 amide bonds. The molecule has 6 atom stereocenters. The minimum atomic E-state index is -1.70. The van der Waals surface area contributed by atoms with Crippen LogP contribution in [0.4, 0.5) is 0 Å². The SMILES string of the molecule is CC1=CCC(C(C)(C)OC2O[C@H](C(=O)O)[C@@H](O)[C@H](O)[C@H]2O)CC1. The van der Waals surface area contributed by atoms with E-state index in [4.69, 9.17) is 14.6 Å². The molecule has 2 aliphatic rings. The summed E-state index contributed by atoms with van der Waals surface area (Å²) in [6.07, 6.45) is -2.94. The van der Waals surface area contributed by atoms with Crippen LogP contribution in [0.25, 0.3) is 0 Å². The normalized spacial score (nSPS) is 39.0. The van der Waals surface area contributed by atoms with E-state index in [0.717, 1.165) is 19.3 Å². The second-order valence-corrected chi connectivity index (χ2v) is 6.98. The lowest BCUT2D eigenvalue weighted by Gasteiger charge is -2.44. The van der Waals surface area contributed by atoms with E-state index in [-0.39, 0.29) is 5.92 Å². The van der Waals surface area contributed by atoms with Crippen molar-refractivity contribution in [1.82, 2.24) is 0 Å². The van der Waals surface area contributed by atoms with E-state index in [2.05, 4.69) is 13.0 Å². The standard InChI is InChI=1S/C16H26O7/c1-8-4-6-9(7-5-8)16(2,3)23-15-12(19)10(17)11(18)13(22-15)14(20)21/h4,9-13,15,17-19H,5-7H2,1-3H3,(H,20,21)/t9?,10-,11-,12+,13-,15?/m0/s1. The lowest BCUT2D eigenvalue weighted by molar-refractivity contribution is -0.322. The van der Waals surface area contributed by atoms with Crippen LogP contribution in [0.5, 0.6) is 0 Å². The van der Waals surface area contributed by atoms with E-state index < -0.39 is 42.3 Å². The topological polar surface area (TPSA) is 116 Å². The van der Waals surface area contributed by atoms with Crippen molar-refractivity contribution in [3.05, 3.63) is 11.6 Å². The minimum absolute atomic E-state index is 0.189. The van der Waals surface area contributed by atoms with Crippen molar-refractivity contribution in [2.75, 3.05) is 0 Å². The monoisotopic (exact) mass is 330 g/mol. The number of rotatable bonds is 4. The zero-order valence-corrected chi connectivity index (χ0v) is 13.7. The molecule has 2 unspecified atom stereocenters. The molecular formula is C16H26O7. The fourth-order valence-electron chi connectivity index (χ4n) is 3.14. The molecule has 7 nitrogen and oxygen atoms in total. The molecule has 23 heavy (non-hydrogen) atoms. The van der Waals surface area contributed by atoms with Gasteiger partial charge in [-0.25, -0.2) is 4.79 Å². The van der Waals surface area contributed by atoms with E-state index in [1.807, 2.05) is 13.8 Å². The summed E-state index contributed by atoms with van der Waals surface area (Å²) < 4.78 is 11.0. The summed E-state index contributed by atoms with van der Waals surface area (Å²) in [4.78, 5) is 11.1. The number of aliphatic carboxylic acids is 1. The average molecular weight is 330 g/mol. The molecule has 0 aromatic carbocycles. The molecule has 1 saturated heterocycles. The van der Waals surface area contributed by atoms with E-state index in [1.165, 1.54) is 5.57 Å². The van der Waals surface area contributed by atoms with Crippen LogP contribution < -0.4 is 0 Å². The molecular weight excluding hydrogens is 304 g/mol. The lowest BCUT2D eigenvalue weighted by atomic mass is 9.79. The van der Waals surface area contributed by atoms with E-state index in [1.54, 1.807) is 0 Å². The molecule has 4 N–H and O–H groups in total. The van der Waals surface area contributed by atoms with Crippen molar-refractivity contribution in [1.29, 1.82) is 0 Å². The van der Waals surface area contributed by atoms with E-state index >= 15 is 0 Å². The predicted molar refractivity (Wildman–Crippen MR) is 80.6 cm³/mol. The highest BCUT2D eigenvalue weighted by Gasteiger charge is 2.49. The highest BCUT2D eigenvalue weighted by atomic mass is 16.7. The van der Waals surface area contributed by atoms with Gasteiger partial charge < -0.3 is 29.9 Å². The lowest BCUT2D eigenvalue weighted by Crippen LogP contribution is -2.61. The van der Waals surface area contributed by atoms with Crippen LogP contribution in [0.3, 0.4) is 0 Å². The van der Waals surface area contributed by atoms with Gasteiger partial charge in [-0.1, -0.05) is 11.6 Å². The van der Waals surface area contributed by atoms with Crippen molar-refractivity contribution in [2.24, 2.45) is 5.92 Å². The molecule has 1 aliphatic carbocycles. The van der Waals surface area contributed by atoms with Crippen LogP contribution >= 0.6 is 0 Å². The number of aliphatic hydroxyl groups excluding tert-OH is 3. The Hall–Kier alpha value is -0.990. The predicted octanol–water partition coefficient (Wildman–Crippen LogP) is 0.420. The third-order valence-electron chi connectivity index (χ3n) is 4.85. The van der Waals surface area contributed by atoms with Gasteiger partial charge in [-0.15, -0.1) is 0 Å². The molecule has 1 fully saturated rings. The smallest absolute Gasteiger partial charge is 0.335 e. The number of hydrogen-bond acceptors (Lipinski definition) is 6. The third-order valence-corrected chi connectivity index (χ3v) is 4.85. The second kappa shape index (κ2) is 6.86. The first kappa shape index (κ1) is 18.4. The maximum absolute atomic E-state index is 11.1. The van der Waals surface area contributed by atoms with Crippen LogP contribution in [-0.2, 0) is 14.3 Å². The Balaban J connectivity index is 2.09. The summed E-state index contributed by atoms with van der Waals surface area (Å²) in [5, 5.41) is 38.7. The summed E-state index contributed by atoms with van der Waals surface area (Å²) >= 11 is 0. The maximum Gasteiger partial charge on any atom is 0.335 e. The van der Waals surface area contributed by atoms with Gasteiger partial charge in [-0.3, -0.25) is 0 Å². The summed E-state index contributed by atoms with van der Waals surface area (Å²) in [6, 6.07) is 0. The van der Waals surface area contributed by atoms with E-state index in [0.29, 0.717) is 0 Å². The zero-order chi connectivity index (χ0) is 17.4. The van der Waals surface area contributed by atoms with Crippen molar-refractivity contribution in [2.45, 2.75) is 76.3 Å². The zero-order valence-electron chi connectivity index (χ0n) is 13.7. The van der Waals surface area contributed by atoms with Crippen molar-refractivity contribution in [3.63, 3.8) is 0 Å². The van der Waals surface area contributed by atoms with Crippen molar-refractivity contribution < 1.29 is 34.7 Å². The highest BCUT2D eigenvalue weighted by Crippen LogP contribution is 2.36. The van der Waals surface area contributed by atoms with Gasteiger partial charge in [0.1, 0.15) is 18.3 Å². The fraction of sp³-hybridized carbons (Fsp3) is 0.812. The second-order valence-electron chi connectivity index (χ2n) is 6.98. The molecule has 1 heterocycles. The molecule has 0 spiro atoms. The Morgan fingerprint density at radius 3 is 2.43 bits per heavy atom. The Morgan fingerprint density at radius 1 is 1.26 bits per heavy atom. The Bertz CT molecular complexity index is 473. The molecule has 0 bridgehead atoms. The van der Waals surface area contributed by atoms with Gasteiger partial charge >= 0.3 is 5.97 Å². The largest absolute Gasteiger partial charge is 0.479 e. The summed E-state index contributed by atoms with van der Waals surface area (Å²) in [6.45, 7) is 5.79. The van der Waals surface area contributed by atoms with Gasteiger partial charge in [0.25, 0.3) is 0 Å². The summed E-state index contributed by atoms with van der Waals surface area (Å²) in [7, 11) is 0. The molecule has 0 saturated carbocycles. The molecule has 7 heteroatoms. The highest BCUT2D eigenvalue weighted by molar-refractivity contribution is 5.73. The quantitative estimate of drug-likeness (QED) is 0.552. The molecule has 0 aromatic heterocycles. The maximum atomic E-state index is 11.1. The number of ether oxygens (including phenoxy) is 2. The Labute approximate surface area is 135 Å². The van der Waals surface area contributed by atoms with Crippen LogP contribution in [-0.4, -0.2) is 62.7 Å². The van der Waals surface area contributed by atoms with Crippen LogP contribution in [0.2, 0.25) is 0 Å². The number of hydrogen-bond donors (Lipinski definition) is 4. The van der Waals surface area contributed by atoms with Crippen LogP contribution in [0, 0.1) is 5.92 Å². The van der Waals surface area contributed by atoms with Crippen molar-refractivity contribution in [3.8, 4) is 0 Å². The number of carbonyl (C=O) groups is 1. The first-order chi connectivity index (χ1) is 10.6. The first-order valence-corrected chi connectivity index (χ1v) is 7.89. The van der Waals surface area contributed by atoms with Gasteiger partial charge in [-0.05, 0) is 46.0 Å². The van der Waals surface area contributed by atoms with Crippen LogP contribution in [0.1, 0.15) is 40.0 Å². The summed E-state index contributed by atoms with van der Waals surface area (Å²) in [5.41, 5.74) is 0.656. The number of carboxylic acids is 1. The Morgan fingerprint density at radius 2 is 1.91 bits per heavy atom. The first-order valence-electron chi connectivity index (χ1n) is 7.89. The number of allylic oxidation sites excluding steroid dienone is 2. The third kappa shape index (κ3) is 3.92. The molecule has 1 aliphatic heterocycles.